The Kier molecular flexibility index (Phi) is 4.56. The number of nitrogens with one attached hydrogen (secondary N) is 1. The van der Waals surface area contributed by atoms with Crippen LogP contribution >= 0.6 is 0 Å². The molecule has 0 saturated heterocycles. The predicted octanol–water partition coefficient (Wildman–Crippen LogP) is 1.21. The minimum atomic E-state index is -0.629. The van der Waals surface area contributed by atoms with Gasteiger partial charge in [0.2, 0.25) is 5.91 Å². The molecule has 0 radical (unpaired) electrons. The summed E-state index contributed by atoms with van der Waals surface area (Å²) in [6.45, 7) is 1.91. The van der Waals surface area contributed by atoms with Crippen LogP contribution in [-0.4, -0.2) is 11.9 Å². The van der Waals surface area contributed by atoms with Gasteiger partial charge in [-0.25, -0.2) is 0 Å². The molecule has 0 aliphatic carbocycles. The van der Waals surface area contributed by atoms with E-state index in [1.807, 2.05) is 37.3 Å². The first-order valence-corrected chi connectivity index (χ1v) is 5.19. The Hall–Kier alpha value is -1.79. The van der Waals surface area contributed by atoms with Crippen LogP contribution < -0.4 is 11.1 Å². The van der Waals surface area contributed by atoms with Crippen LogP contribution in [0.15, 0.2) is 30.3 Å². The fraction of sp³-hybridized carbons (Fsp3) is 0.308. The zero-order chi connectivity index (χ0) is 12.0. The SMILES string of the molecule is C#CCC(N)C(=O)N[C@H](C)c1ccccc1. The van der Waals surface area contributed by atoms with Crippen molar-refractivity contribution in [1.82, 2.24) is 5.32 Å². The second kappa shape index (κ2) is 5.94. The average Bonchev–Trinajstić information content (AvgIpc) is 2.30. The molecule has 0 aromatic heterocycles. The maximum atomic E-state index is 11.6. The maximum absolute atomic E-state index is 11.6. The molecule has 1 aromatic carbocycles. The number of benzene rings is 1. The maximum Gasteiger partial charge on any atom is 0.238 e. The summed E-state index contributed by atoms with van der Waals surface area (Å²) in [5, 5.41) is 2.82. The quantitative estimate of drug-likeness (QED) is 0.743. The minimum absolute atomic E-state index is 0.0578. The normalized spacial score (nSPS) is 13.6. The van der Waals surface area contributed by atoms with Gasteiger partial charge in [-0.2, -0.15) is 0 Å². The summed E-state index contributed by atoms with van der Waals surface area (Å²) in [5.74, 6) is 2.16. The number of terminal acetylenes is 1. The summed E-state index contributed by atoms with van der Waals surface area (Å²) in [6, 6.07) is 9.02. The molecule has 3 heteroatoms. The first-order chi connectivity index (χ1) is 7.65. The summed E-state index contributed by atoms with van der Waals surface area (Å²) >= 11 is 0. The number of carbonyl (C=O) groups excluding carboxylic acids is 1. The fourth-order valence-electron chi connectivity index (χ4n) is 1.37. The van der Waals surface area contributed by atoms with Crippen LogP contribution in [0.25, 0.3) is 0 Å². The van der Waals surface area contributed by atoms with Crippen molar-refractivity contribution in [2.24, 2.45) is 5.73 Å². The lowest BCUT2D eigenvalue weighted by Gasteiger charge is -2.16. The zero-order valence-electron chi connectivity index (χ0n) is 9.31. The third-order valence-corrected chi connectivity index (χ3v) is 2.33. The summed E-state index contributed by atoms with van der Waals surface area (Å²) in [7, 11) is 0. The van der Waals surface area contributed by atoms with Gasteiger partial charge < -0.3 is 11.1 Å². The Morgan fingerprint density at radius 1 is 1.50 bits per heavy atom. The van der Waals surface area contributed by atoms with Gasteiger partial charge in [-0.1, -0.05) is 30.3 Å². The lowest BCUT2D eigenvalue weighted by atomic mass is 10.1. The lowest BCUT2D eigenvalue weighted by Crippen LogP contribution is -2.41. The Morgan fingerprint density at radius 2 is 2.12 bits per heavy atom. The molecule has 0 aliphatic rings. The van der Waals surface area contributed by atoms with Gasteiger partial charge in [0.15, 0.2) is 0 Å². The van der Waals surface area contributed by atoms with E-state index in [2.05, 4.69) is 11.2 Å². The van der Waals surface area contributed by atoms with Crippen molar-refractivity contribution < 1.29 is 4.79 Å². The van der Waals surface area contributed by atoms with E-state index in [1.165, 1.54) is 0 Å². The van der Waals surface area contributed by atoms with Crippen molar-refractivity contribution >= 4 is 5.91 Å². The molecule has 1 amide bonds. The van der Waals surface area contributed by atoms with E-state index < -0.39 is 6.04 Å². The number of amides is 1. The van der Waals surface area contributed by atoms with Crippen molar-refractivity contribution in [2.75, 3.05) is 0 Å². The van der Waals surface area contributed by atoms with E-state index in [9.17, 15) is 4.79 Å². The fourth-order valence-corrected chi connectivity index (χ4v) is 1.37. The number of nitrogens with two attached hydrogens (primary N) is 1. The molecule has 0 fully saturated rings. The van der Waals surface area contributed by atoms with Crippen LogP contribution in [0, 0.1) is 12.3 Å². The standard InChI is InChI=1S/C13H16N2O/c1-3-7-12(14)13(16)15-10(2)11-8-5-4-6-9-11/h1,4-6,8-10,12H,7,14H2,2H3,(H,15,16)/t10-,12?/m1/s1. The molecule has 0 heterocycles. The van der Waals surface area contributed by atoms with E-state index in [4.69, 9.17) is 12.2 Å². The first-order valence-electron chi connectivity index (χ1n) is 5.19. The average molecular weight is 216 g/mol. The molecule has 84 valence electrons. The molecule has 0 bridgehead atoms. The third kappa shape index (κ3) is 3.41. The minimum Gasteiger partial charge on any atom is -0.348 e. The van der Waals surface area contributed by atoms with Gasteiger partial charge in [-0.15, -0.1) is 12.3 Å². The van der Waals surface area contributed by atoms with Crippen molar-refractivity contribution in [1.29, 1.82) is 0 Å². The van der Waals surface area contributed by atoms with Gasteiger partial charge in [0, 0.05) is 6.42 Å². The molecule has 1 unspecified atom stereocenters. The monoisotopic (exact) mass is 216 g/mol. The highest BCUT2D eigenvalue weighted by Crippen LogP contribution is 2.11. The largest absolute Gasteiger partial charge is 0.348 e. The van der Waals surface area contributed by atoms with Gasteiger partial charge in [0.25, 0.3) is 0 Å². The highest BCUT2D eigenvalue weighted by Gasteiger charge is 2.15. The lowest BCUT2D eigenvalue weighted by molar-refractivity contribution is -0.122. The van der Waals surface area contributed by atoms with Crippen LogP contribution in [0.3, 0.4) is 0 Å². The van der Waals surface area contributed by atoms with E-state index in [0.717, 1.165) is 5.56 Å². The Bertz CT molecular complexity index is 381. The van der Waals surface area contributed by atoms with Crippen LogP contribution in [0.4, 0.5) is 0 Å². The topological polar surface area (TPSA) is 55.1 Å². The van der Waals surface area contributed by atoms with Crippen LogP contribution in [0.1, 0.15) is 24.9 Å². The number of hydrogen-bond acceptors (Lipinski definition) is 2. The predicted molar refractivity (Wildman–Crippen MR) is 64.4 cm³/mol. The van der Waals surface area contributed by atoms with Gasteiger partial charge in [0.05, 0.1) is 12.1 Å². The van der Waals surface area contributed by atoms with Gasteiger partial charge in [-0.3, -0.25) is 4.79 Å². The second-order valence-corrected chi connectivity index (χ2v) is 3.66. The van der Waals surface area contributed by atoms with Crippen molar-refractivity contribution in [3.8, 4) is 12.3 Å². The van der Waals surface area contributed by atoms with Crippen LogP contribution in [-0.2, 0) is 4.79 Å². The second-order valence-electron chi connectivity index (χ2n) is 3.66. The van der Waals surface area contributed by atoms with Gasteiger partial charge >= 0.3 is 0 Å². The van der Waals surface area contributed by atoms with Crippen molar-refractivity contribution in [3.05, 3.63) is 35.9 Å². The van der Waals surface area contributed by atoms with Crippen LogP contribution in [0.2, 0.25) is 0 Å². The molecule has 1 rings (SSSR count). The Morgan fingerprint density at radius 3 is 2.69 bits per heavy atom. The first kappa shape index (κ1) is 12.3. The van der Waals surface area contributed by atoms with E-state index in [1.54, 1.807) is 0 Å². The summed E-state index contributed by atoms with van der Waals surface area (Å²) in [6.07, 6.45) is 5.36. The van der Waals surface area contributed by atoms with E-state index in [-0.39, 0.29) is 18.4 Å². The zero-order valence-corrected chi connectivity index (χ0v) is 9.31. The number of carbonyl (C=O) groups is 1. The molecule has 3 nitrogen and oxygen atoms in total. The summed E-state index contributed by atoms with van der Waals surface area (Å²) in [5.41, 5.74) is 6.64. The smallest absolute Gasteiger partial charge is 0.238 e. The summed E-state index contributed by atoms with van der Waals surface area (Å²) < 4.78 is 0. The third-order valence-electron chi connectivity index (χ3n) is 2.33. The molecular formula is C13H16N2O. The molecule has 0 aliphatic heterocycles. The Labute approximate surface area is 96.0 Å². The van der Waals surface area contributed by atoms with E-state index >= 15 is 0 Å². The molecule has 1 aromatic rings. The number of hydrogen-bond donors (Lipinski definition) is 2. The van der Waals surface area contributed by atoms with E-state index in [0.29, 0.717) is 0 Å². The molecule has 0 spiro atoms. The molecule has 0 saturated carbocycles. The van der Waals surface area contributed by atoms with Crippen molar-refractivity contribution in [3.63, 3.8) is 0 Å². The van der Waals surface area contributed by atoms with Crippen molar-refractivity contribution in [2.45, 2.75) is 25.4 Å². The molecule has 2 atom stereocenters. The highest BCUT2D eigenvalue weighted by molar-refractivity contribution is 5.82. The Balaban J connectivity index is 2.56. The van der Waals surface area contributed by atoms with Crippen LogP contribution in [0.5, 0.6) is 0 Å². The number of rotatable bonds is 4. The molecule has 3 N–H and O–H groups in total. The molecule has 16 heavy (non-hydrogen) atoms. The van der Waals surface area contributed by atoms with Gasteiger partial charge in [-0.05, 0) is 12.5 Å². The van der Waals surface area contributed by atoms with Gasteiger partial charge in [0.1, 0.15) is 0 Å². The highest BCUT2D eigenvalue weighted by atomic mass is 16.2. The summed E-state index contributed by atoms with van der Waals surface area (Å²) in [4.78, 5) is 11.6. The molecular weight excluding hydrogens is 200 g/mol.